The van der Waals surface area contributed by atoms with Gasteiger partial charge in [-0.15, -0.1) is 0 Å². The number of aliphatic imine (C=N–C) groups is 1. The number of hydrogen-bond donors (Lipinski definition) is 2. The van der Waals surface area contributed by atoms with Crippen LogP contribution in [0.5, 0.6) is 0 Å². The summed E-state index contributed by atoms with van der Waals surface area (Å²) in [6, 6.07) is 19.5. The summed E-state index contributed by atoms with van der Waals surface area (Å²) in [6.07, 6.45) is -0.0977. The Bertz CT molecular complexity index is 1370. The summed E-state index contributed by atoms with van der Waals surface area (Å²) in [4.78, 5) is 44.9. The second-order valence-corrected chi connectivity index (χ2v) is 9.56. The number of nitrogens with one attached hydrogen (secondary N) is 1. The Balaban J connectivity index is 1.73. The van der Waals surface area contributed by atoms with E-state index in [9.17, 15) is 14.4 Å². The summed E-state index contributed by atoms with van der Waals surface area (Å²) < 4.78 is 0. The third kappa shape index (κ3) is 6.04. The number of likely N-dealkylation sites (N-methyl/N-ethyl adjacent to an activating group) is 2. The molecule has 2 N–H and O–H groups in total. The molecule has 3 aromatic rings. The molecule has 0 radical (unpaired) electrons. The minimum atomic E-state index is -0.920. The SMILES string of the molecule is CN(C)CC(=O)N(C)c1ccc(N=C(c2ccc(CC(=O)O)cc2)C2C(=O)Nc3cc(Cl)ccc32)cc1. The first-order valence-electron chi connectivity index (χ1n) is 11.6. The first-order chi connectivity index (χ1) is 17.6. The molecule has 0 saturated carbocycles. The highest BCUT2D eigenvalue weighted by Gasteiger charge is 2.35. The lowest BCUT2D eigenvalue weighted by Crippen LogP contribution is -2.34. The van der Waals surface area contributed by atoms with E-state index in [4.69, 9.17) is 21.7 Å². The normalized spacial score (nSPS) is 14.9. The number of hydrogen-bond acceptors (Lipinski definition) is 5. The van der Waals surface area contributed by atoms with Gasteiger partial charge in [0.2, 0.25) is 11.8 Å². The second kappa shape index (κ2) is 10.9. The van der Waals surface area contributed by atoms with Gasteiger partial charge >= 0.3 is 5.97 Å². The zero-order valence-corrected chi connectivity index (χ0v) is 21.5. The summed E-state index contributed by atoms with van der Waals surface area (Å²) in [5.41, 5.74) is 4.58. The van der Waals surface area contributed by atoms with Crippen LogP contribution in [0.15, 0.2) is 71.7 Å². The third-order valence-corrected chi connectivity index (χ3v) is 6.27. The first-order valence-corrected chi connectivity index (χ1v) is 12.0. The van der Waals surface area contributed by atoms with Crippen molar-refractivity contribution in [2.45, 2.75) is 12.3 Å². The molecule has 0 fully saturated rings. The minimum Gasteiger partial charge on any atom is -0.481 e. The Kier molecular flexibility index (Phi) is 7.71. The van der Waals surface area contributed by atoms with E-state index >= 15 is 0 Å². The maximum atomic E-state index is 13.1. The maximum absolute atomic E-state index is 13.1. The summed E-state index contributed by atoms with van der Waals surface area (Å²) in [6.45, 7) is 0.290. The van der Waals surface area contributed by atoms with Gasteiger partial charge < -0.3 is 20.2 Å². The fourth-order valence-corrected chi connectivity index (χ4v) is 4.35. The van der Waals surface area contributed by atoms with Crippen LogP contribution in [0.2, 0.25) is 5.02 Å². The molecule has 0 aromatic heterocycles. The van der Waals surface area contributed by atoms with Gasteiger partial charge in [-0.2, -0.15) is 0 Å². The predicted molar refractivity (Wildman–Crippen MR) is 145 cm³/mol. The van der Waals surface area contributed by atoms with Crippen molar-refractivity contribution in [2.75, 3.05) is 37.9 Å². The molecule has 0 bridgehead atoms. The minimum absolute atomic E-state index is 0.0405. The Morgan fingerprint density at radius 1 is 1.00 bits per heavy atom. The Hall–Kier alpha value is -4.01. The van der Waals surface area contributed by atoms with Crippen molar-refractivity contribution >= 4 is 52.2 Å². The number of anilines is 2. The molecule has 1 heterocycles. The zero-order valence-electron chi connectivity index (χ0n) is 20.7. The predicted octanol–water partition coefficient (Wildman–Crippen LogP) is 4.35. The van der Waals surface area contributed by atoms with Gasteiger partial charge in [-0.1, -0.05) is 41.9 Å². The summed E-state index contributed by atoms with van der Waals surface area (Å²) >= 11 is 6.13. The van der Waals surface area contributed by atoms with Crippen molar-refractivity contribution in [1.29, 1.82) is 0 Å². The monoisotopic (exact) mass is 518 g/mol. The number of benzene rings is 3. The fourth-order valence-electron chi connectivity index (χ4n) is 4.18. The average molecular weight is 519 g/mol. The van der Waals surface area contributed by atoms with Gasteiger partial charge in [0.15, 0.2) is 0 Å². The third-order valence-electron chi connectivity index (χ3n) is 6.04. The molecule has 190 valence electrons. The van der Waals surface area contributed by atoms with Crippen LogP contribution in [-0.2, 0) is 20.8 Å². The number of aliphatic carboxylic acids is 1. The van der Waals surface area contributed by atoms with Gasteiger partial charge in [-0.05, 0) is 67.2 Å². The van der Waals surface area contributed by atoms with Gasteiger partial charge in [0.1, 0.15) is 5.92 Å². The van der Waals surface area contributed by atoms with Crippen LogP contribution in [0.25, 0.3) is 0 Å². The van der Waals surface area contributed by atoms with Crippen LogP contribution in [0.4, 0.5) is 17.1 Å². The lowest BCUT2D eigenvalue weighted by Gasteiger charge is -2.20. The molecule has 1 unspecified atom stereocenters. The lowest BCUT2D eigenvalue weighted by molar-refractivity contribution is -0.136. The quantitative estimate of drug-likeness (QED) is 0.432. The van der Waals surface area contributed by atoms with Crippen LogP contribution >= 0.6 is 11.6 Å². The van der Waals surface area contributed by atoms with Gasteiger partial charge in [-0.25, -0.2) is 0 Å². The molecule has 4 rings (SSSR count). The zero-order chi connectivity index (χ0) is 26.7. The van der Waals surface area contributed by atoms with Crippen molar-refractivity contribution < 1.29 is 19.5 Å². The van der Waals surface area contributed by atoms with Crippen molar-refractivity contribution in [3.05, 3.63) is 88.4 Å². The van der Waals surface area contributed by atoms with Crippen LogP contribution in [0.3, 0.4) is 0 Å². The summed E-state index contributed by atoms with van der Waals surface area (Å²) in [5, 5.41) is 12.5. The second-order valence-electron chi connectivity index (χ2n) is 9.13. The number of fused-ring (bicyclic) bond motifs is 1. The number of nitrogens with zero attached hydrogens (tertiary/aromatic N) is 3. The number of carboxylic acid groups (broad SMARTS) is 1. The summed E-state index contributed by atoms with van der Waals surface area (Å²) in [5.74, 6) is -1.86. The first kappa shape index (κ1) is 26.1. The average Bonchev–Trinajstić information content (AvgIpc) is 3.16. The van der Waals surface area contributed by atoms with E-state index < -0.39 is 11.9 Å². The molecule has 8 nitrogen and oxygen atoms in total. The topological polar surface area (TPSA) is 102 Å². The number of carboxylic acids is 1. The largest absolute Gasteiger partial charge is 0.481 e. The van der Waals surface area contributed by atoms with Gasteiger partial charge in [-0.3, -0.25) is 19.4 Å². The van der Waals surface area contributed by atoms with Crippen LogP contribution in [0.1, 0.15) is 22.6 Å². The van der Waals surface area contributed by atoms with E-state index in [1.807, 2.05) is 37.2 Å². The van der Waals surface area contributed by atoms with Crippen LogP contribution < -0.4 is 10.2 Å². The molecule has 3 aromatic carbocycles. The molecule has 1 aliphatic rings. The Morgan fingerprint density at radius 2 is 1.68 bits per heavy atom. The van der Waals surface area contributed by atoms with E-state index in [2.05, 4.69) is 5.32 Å². The van der Waals surface area contributed by atoms with Crippen molar-refractivity contribution in [2.24, 2.45) is 4.99 Å². The number of amides is 2. The van der Waals surface area contributed by atoms with Crippen molar-refractivity contribution in [3.63, 3.8) is 0 Å². The van der Waals surface area contributed by atoms with E-state index in [0.29, 0.717) is 39.8 Å². The number of carbonyl (C=O) groups excluding carboxylic acids is 2. The van der Waals surface area contributed by atoms with Crippen LogP contribution in [0, 0.1) is 0 Å². The van der Waals surface area contributed by atoms with E-state index in [-0.39, 0.29) is 18.2 Å². The highest BCUT2D eigenvalue weighted by atomic mass is 35.5. The van der Waals surface area contributed by atoms with E-state index in [0.717, 1.165) is 11.3 Å². The van der Waals surface area contributed by atoms with E-state index in [1.54, 1.807) is 60.5 Å². The maximum Gasteiger partial charge on any atom is 0.307 e. The molecule has 0 saturated heterocycles. The van der Waals surface area contributed by atoms with Gasteiger partial charge in [0, 0.05) is 23.4 Å². The highest BCUT2D eigenvalue weighted by Crippen LogP contribution is 2.38. The standard InChI is InChI=1S/C28H27ClN4O4/c1-32(2)16-24(34)33(3)21-11-9-20(10-12-21)30-27(18-6-4-17(5-7-18)14-25(35)36)26-22-13-8-19(29)15-23(22)31-28(26)37/h4-13,15,26H,14,16H2,1-3H3,(H,31,37)(H,35,36). The molecular weight excluding hydrogens is 492 g/mol. The number of carbonyl (C=O) groups is 3. The molecule has 0 aliphatic carbocycles. The smallest absolute Gasteiger partial charge is 0.307 e. The lowest BCUT2D eigenvalue weighted by atomic mass is 9.90. The molecule has 9 heteroatoms. The van der Waals surface area contributed by atoms with Gasteiger partial charge in [0.25, 0.3) is 0 Å². The molecule has 1 atom stereocenters. The van der Waals surface area contributed by atoms with E-state index in [1.165, 1.54) is 0 Å². The highest BCUT2D eigenvalue weighted by molar-refractivity contribution is 6.31. The fraction of sp³-hybridized carbons (Fsp3) is 0.214. The summed E-state index contributed by atoms with van der Waals surface area (Å²) in [7, 11) is 5.40. The molecule has 1 aliphatic heterocycles. The van der Waals surface area contributed by atoms with Gasteiger partial charge in [0.05, 0.1) is 24.4 Å². The van der Waals surface area contributed by atoms with Crippen LogP contribution in [-0.4, -0.2) is 61.2 Å². The van der Waals surface area contributed by atoms with Crippen molar-refractivity contribution in [1.82, 2.24) is 4.90 Å². The molecular formula is C28H27ClN4O4. The molecule has 37 heavy (non-hydrogen) atoms. The Morgan fingerprint density at radius 3 is 2.30 bits per heavy atom. The van der Waals surface area contributed by atoms with Crippen molar-refractivity contribution in [3.8, 4) is 0 Å². The number of halogens is 1. The number of rotatable bonds is 8. The Labute approximate surface area is 220 Å². The molecule has 2 amide bonds. The molecule has 0 spiro atoms.